The summed E-state index contributed by atoms with van der Waals surface area (Å²) in [6.45, 7) is 7.72. The first-order valence-electron chi connectivity index (χ1n) is 8.96. The fourth-order valence-electron chi connectivity index (χ4n) is 4.04. The molecule has 1 saturated carbocycles. The Morgan fingerprint density at radius 1 is 1.16 bits per heavy atom. The lowest BCUT2D eigenvalue weighted by Crippen LogP contribution is -2.67. The highest BCUT2D eigenvalue weighted by Gasteiger charge is 2.59. The predicted molar refractivity (Wildman–Crippen MR) is 96.2 cm³/mol. The number of carboxylic acids is 1. The Morgan fingerprint density at radius 3 is 2.28 bits per heavy atom. The first-order valence-corrected chi connectivity index (χ1v) is 8.96. The highest BCUT2D eigenvalue weighted by molar-refractivity contribution is 5.86. The molecule has 0 spiro atoms. The molecule has 0 saturated heterocycles. The summed E-state index contributed by atoms with van der Waals surface area (Å²) in [6, 6.07) is 9.15. The molecule has 2 rings (SSSR count). The Hall–Kier alpha value is -2.04. The van der Waals surface area contributed by atoms with E-state index in [2.05, 4.69) is 0 Å². The van der Waals surface area contributed by atoms with Crippen LogP contribution in [0.25, 0.3) is 0 Å². The maximum Gasteiger partial charge on any atom is 0.411 e. The van der Waals surface area contributed by atoms with Crippen LogP contribution in [0.5, 0.6) is 0 Å². The molecular formula is C20H29NO4. The maximum atomic E-state index is 12.9. The van der Waals surface area contributed by atoms with Gasteiger partial charge in [0.2, 0.25) is 0 Å². The summed E-state index contributed by atoms with van der Waals surface area (Å²) in [5, 5.41) is 10.1. The van der Waals surface area contributed by atoms with Crippen LogP contribution >= 0.6 is 0 Å². The molecule has 0 heterocycles. The van der Waals surface area contributed by atoms with E-state index in [-0.39, 0.29) is 12.6 Å². The van der Waals surface area contributed by atoms with Crippen molar-refractivity contribution in [2.75, 3.05) is 0 Å². The molecule has 25 heavy (non-hydrogen) atoms. The maximum absolute atomic E-state index is 12.9. The van der Waals surface area contributed by atoms with Crippen molar-refractivity contribution in [3.63, 3.8) is 0 Å². The topological polar surface area (TPSA) is 66.8 Å². The first kappa shape index (κ1) is 19.3. The fraction of sp³-hybridized carbons (Fsp3) is 0.600. The summed E-state index contributed by atoms with van der Waals surface area (Å²) >= 11 is 0. The monoisotopic (exact) mass is 347 g/mol. The van der Waals surface area contributed by atoms with Crippen LogP contribution in [-0.4, -0.2) is 33.6 Å². The highest BCUT2D eigenvalue weighted by atomic mass is 16.6. The zero-order chi connectivity index (χ0) is 18.7. The lowest BCUT2D eigenvalue weighted by atomic mass is 9.62. The molecule has 1 fully saturated rings. The van der Waals surface area contributed by atoms with Crippen LogP contribution < -0.4 is 0 Å². The molecule has 0 aliphatic heterocycles. The van der Waals surface area contributed by atoms with Gasteiger partial charge in [0.25, 0.3) is 0 Å². The van der Waals surface area contributed by atoms with Gasteiger partial charge in [-0.1, -0.05) is 57.0 Å². The van der Waals surface area contributed by atoms with Crippen LogP contribution in [0.2, 0.25) is 0 Å². The second-order valence-corrected chi connectivity index (χ2v) is 7.76. The van der Waals surface area contributed by atoms with E-state index in [1.54, 1.807) is 0 Å². The largest absolute Gasteiger partial charge is 0.479 e. The molecule has 1 aromatic carbocycles. The molecule has 1 unspecified atom stereocenters. The average molecular weight is 347 g/mol. The summed E-state index contributed by atoms with van der Waals surface area (Å²) in [6.07, 6.45) is 2.44. The smallest absolute Gasteiger partial charge is 0.411 e. The summed E-state index contributed by atoms with van der Waals surface area (Å²) in [5.74, 6) is -0.942. The number of hydrogen-bond donors (Lipinski definition) is 1. The Labute approximate surface area is 150 Å². The number of benzene rings is 1. The van der Waals surface area contributed by atoms with Crippen molar-refractivity contribution in [1.82, 2.24) is 4.90 Å². The van der Waals surface area contributed by atoms with Gasteiger partial charge in [-0.3, -0.25) is 4.90 Å². The minimum absolute atomic E-state index is 0.138. The van der Waals surface area contributed by atoms with Gasteiger partial charge < -0.3 is 9.84 Å². The van der Waals surface area contributed by atoms with Gasteiger partial charge in [0.1, 0.15) is 12.1 Å². The molecule has 1 amide bonds. The number of nitrogens with zero attached hydrogens (tertiary/aromatic N) is 1. The third-order valence-corrected chi connectivity index (χ3v) is 5.39. The van der Waals surface area contributed by atoms with E-state index in [0.29, 0.717) is 6.42 Å². The van der Waals surface area contributed by atoms with Crippen molar-refractivity contribution in [2.45, 2.75) is 71.6 Å². The number of carbonyl (C=O) groups is 2. The van der Waals surface area contributed by atoms with Gasteiger partial charge >= 0.3 is 12.1 Å². The van der Waals surface area contributed by atoms with E-state index in [1.165, 1.54) is 4.90 Å². The van der Waals surface area contributed by atoms with Gasteiger partial charge in [0, 0.05) is 6.04 Å². The van der Waals surface area contributed by atoms with Crippen molar-refractivity contribution < 1.29 is 19.4 Å². The molecule has 1 aliphatic carbocycles. The second-order valence-electron chi connectivity index (χ2n) is 7.76. The molecule has 1 N–H and O–H groups in total. The molecule has 0 radical (unpaired) electrons. The van der Waals surface area contributed by atoms with Gasteiger partial charge in [-0.25, -0.2) is 9.59 Å². The zero-order valence-electron chi connectivity index (χ0n) is 15.6. The molecule has 1 aliphatic rings. The van der Waals surface area contributed by atoms with Crippen molar-refractivity contribution in [1.29, 1.82) is 0 Å². The molecule has 1 atom stereocenters. The minimum atomic E-state index is -1.24. The molecule has 0 bridgehead atoms. The number of rotatable bonds is 5. The summed E-state index contributed by atoms with van der Waals surface area (Å²) < 4.78 is 5.50. The molecule has 1 aromatic rings. The molecule has 138 valence electrons. The number of ether oxygens (including phenoxy) is 1. The van der Waals surface area contributed by atoms with E-state index < -0.39 is 23.0 Å². The second kappa shape index (κ2) is 7.46. The Kier molecular flexibility index (Phi) is 5.76. The van der Waals surface area contributed by atoms with Gasteiger partial charge in [-0.15, -0.1) is 0 Å². The predicted octanol–water partition coefficient (Wildman–Crippen LogP) is 4.46. The number of carbonyl (C=O) groups excluding carboxylic acids is 1. The fourth-order valence-corrected chi connectivity index (χ4v) is 4.04. The van der Waals surface area contributed by atoms with Crippen molar-refractivity contribution in [3.8, 4) is 0 Å². The standard InChI is InChI=1S/C20H29NO4/c1-15(2)21(18(24)25-14-16-10-6-5-7-11-16)20(17(22)23)13-9-8-12-19(20,3)4/h5-7,10-11,15H,8-9,12-14H2,1-4H3,(H,22,23). The molecule has 0 aromatic heterocycles. The van der Waals surface area contributed by atoms with Gasteiger partial charge in [-0.2, -0.15) is 0 Å². The lowest BCUT2D eigenvalue weighted by Gasteiger charge is -2.53. The van der Waals surface area contributed by atoms with Crippen molar-refractivity contribution in [2.24, 2.45) is 5.41 Å². The number of carboxylic acid groups (broad SMARTS) is 1. The summed E-state index contributed by atoms with van der Waals surface area (Å²) in [7, 11) is 0. The molecule has 5 heteroatoms. The van der Waals surface area contributed by atoms with E-state index in [9.17, 15) is 14.7 Å². The lowest BCUT2D eigenvalue weighted by molar-refractivity contribution is -0.166. The van der Waals surface area contributed by atoms with Crippen LogP contribution in [-0.2, 0) is 16.1 Å². The van der Waals surface area contributed by atoms with Crippen molar-refractivity contribution in [3.05, 3.63) is 35.9 Å². The van der Waals surface area contributed by atoms with Crippen LogP contribution in [0.4, 0.5) is 4.79 Å². The third-order valence-electron chi connectivity index (χ3n) is 5.39. The van der Waals surface area contributed by atoms with E-state index in [1.807, 2.05) is 58.0 Å². The van der Waals surface area contributed by atoms with Gasteiger partial charge in [0.05, 0.1) is 0 Å². The third kappa shape index (κ3) is 3.65. The van der Waals surface area contributed by atoms with Gasteiger partial charge in [-0.05, 0) is 37.7 Å². The number of hydrogen-bond acceptors (Lipinski definition) is 3. The summed E-state index contributed by atoms with van der Waals surface area (Å²) in [5.41, 5.74) is -0.882. The van der Waals surface area contributed by atoms with Crippen LogP contribution in [0.15, 0.2) is 30.3 Å². The van der Waals surface area contributed by atoms with Crippen molar-refractivity contribution >= 4 is 12.1 Å². The van der Waals surface area contributed by atoms with Crippen LogP contribution in [0.3, 0.4) is 0 Å². The normalized spacial score (nSPS) is 22.4. The number of aliphatic carboxylic acids is 1. The SMILES string of the molecule is CC(C)N(C(=O)OCc1ccccc1)C1(C(=O)O)CCCCC1(C)C. The highest BCUT2D eigenvalue weighted by Crippen LogP contribution is 2.48. The minimum Gasteiger partial charge on any atom is -0.479 e. The average Bonchev–Trinajstić information content (AvgIpc) is 2.55. The first-order chi connectivity index (χ1) is 11.7. The quantitative estimate of drug-likeness (QED) is 0.854. The zero-order valence-corrected chi connectivity index (χ0v) is 15.6. The number of amides is 1. The molecule has 5 nitrogen and oxygen atoms in total. The Bertz CT molecular complexity index is 611. The Balaban J connectivity index is 2.30. The van der Waals surface area contributed by atoms with Gasteiger partial charge in [0.15, 0.2) is 0 Å². The van der Waals surface area contributed by atoms with E-state index >= 15 is 0 Å². The van der Waals surface area contributed by atoms with Crippen LogP contribution in [0.1, 0.15) is 58.9 Å². The Morgan fingerprint density at radius 2 is 1.76 bits per heavy atom. The van der Waals surface area contributed by atoms with E-state index in [0.717, 1.165) is 24.8 Å². The molecular weight excluding hydrogens is 318 g/mol. The van der Waals surface area contributed by atoms with Crippen LogP contribution in [0, 0.1) is 5.41 Å². The van der Waals surface area contributed by atoms with E-state index in [4.69, 9.17) is 4.74 Å². The summed E-state index contributed by atoms with van der Waals surface area (Å²) in [4.78, 5) is 26.7.